The highest BCUT2D eigenvalue weighted by molar-refractivity contribution is 5.26. The van der Waals surface area contributed by atoms with Crippen molar-refractivity contribution in [3.8, 4) is 5.75 Å². The lowest BCUT2D eigenvalue weighted by Crippen LogP contribution is -2.40. The predicted molar refractivity (Wildman–Crippen MR) is 80.7 cm³/mol. The van der Waals surface area contributed by atoms with Crippen LogP contribution in [0.5, 0.6) is 5.75 Å². The third kappa shape index (κ3) is 4.87. The molecule has 1 fully saturated rings. The molecular weight excluding hydrogens is 234 g/mol. The predicted octanol–water partition coefficient (Wildman–Crippen LogP) is 3.89. The maximum absolute atomic E-state index is 5.78. The summed E-state index contributed by atoms with van der Waals surface area (Å²) in [6, 6.07) is 8.31. The minimum atomic E-state index is 0.496. The Morgan fingerprint density at radius 2 is 1.95 bits per heavy atom. The molecule has 1 aromatic carbocycles. The van der Waals surface area contributed by atoms with Crippen LogP contribution in [0.1, 0.15) is 38.7 Å². The van der Waals surface area contributed by atoms with Crippen molar-refractivity contribution < 1.29 is 4.74 Å². The maximum atomic E-state index is 5.78. The molecule has 0 amide bonds. The minimum Gasteiger partial charge on any atom is -0.494 e. The second-order valence-electron chi connectivity index (χ2n) is 6.56. The lowest BCUT2D eigenvalue weighted by molar-refractivity contribution is 0.111. The van der Waals surface area contributed by atoms with Gasteiger partial charge >= 0.3 is 0 Å². The second-order valence-corrected chi connectivity index (χ2v) is 6.56. The SMILES string of the molecule is Cc1ccc(OCCCN2CCCC(C)(C)C2)cc1. The van der Waals surface area contributed by atoms with Gasteiger partial charge in [0.1, 0.15) is 5.75 Å². The molecule has 1 aliphatic heterocycles. The molecule has 0 aliphatic carbocycles. The highest BCUT2D eigenvalue weighted by Crippen LogP contribution is 2.28. The summed E-state index contributed by atoms with van der Waals surface area (Å²) >= 11 is 0. The van der Waals surface area contributed by atoms with Gasteiger partial charge in [-0.25, -0.2) is 0 Å². The lowest BCUT2D eigenvalue weighted by Gasteiger charge is -2.38. The highest BCUT2D eigenvalue weighted by atomic mass is 16.5. The highest BCUT2D eigenvalue weighted by Gasteiger charge is 2.25. The Hall–Kier alpha value is -1.02. The van der Waals surface area contributed by atoms with E-state index in [0.717, 1.165) is 25.3 Å². The number of hydrogen-bond donors (Lipinski definition) is 0. The summed E-state index contributed by atoms with van der Waals surface area (Å²) < 4.78 is 5.78. The molecule has 1 heterocycles. The Morgan fingerprint density at radius 3 is 2.63 bits per heavy atom. The van der Waals surface area contributed by atoms with E-state index in [-0.39, 0.29) is 0 Å². The topological polar surface area (TPSA) is 12.5 Å². The van der Waals surface area contributed by atoms with Crippen LogP contribution < -0.4 is 4.74 Å². The third-order valence-electron chi connectivity index (χ3n) is 3.89. The van der Waals surface area contributed by atoms with Crippen LogP contribution in [-0.2, 0) is 0 Å². The molecule has 0 bridgehead atoms. The molecule has 0 unspecified atom stereocenters. The zero-order chi connectivity index (χ0) is 13.7. The van der Waals surface area contributed by atoms with Gasteiger partial charge in [-0.15, -0.1) is 0 Å². The van der Waals surface area contributed by atoms with Gasteiger partial charge in [0.2, 0.25) is 0 Å². The Balaban J connectivity index is 1.65. The number of rotatable bonds is 5. The number of piperidine rings is 1. The second kappa shape index (κ2) is 6.42. The van der Waals surface area contributed by atoms with Crippen molar-refractivity contribution in [2.24, 2.45) is 5.41 Å². The summed E-state index contributed by atoms with van der Waals surface area (Å²) in [7, 11) is 0. The molecule has 0 spiro atoms. The molecule has 2 nitrogen and oxygen atoms in total. The molecule has 2 heteroatoms. The minimum absolute atomic E-state index is 0.496. The van der Waals surface area contributed by atoms with Gasteiger partial charge in [-0.3, -0.25) is 0 Å². The number of aryl methyl sites for hydroxylation is 1. The van der Waals surface area contributed by atoms with E-state index in [9.17, 15) is 0 Å². The van der Waals surface area contributed by atoms with Gasteiger partial charge in [-0.2, -0.15) is 0 Å². The van der Waals surface area contributed by atoms with Crippen molar-refractivity contribution in [2.45, 2.75) is 40.0 Å². The zero-order valence-corrected chi connectivity index (χ0v) is 12.6. The maximum Gasteiger partial charge on any atom is 0.119 e. The van der Waals surface area contributed by atoms with E-state index in [1.807, 2.05) is 0 Å². The Labute approximate surface area is 117 Å². The van der Waals surface area contributed by atoms with Crippen molar-refractivity contribution in [3.63, 3.8) is 0 Å². The van der Waals surface area contributed by atoms with Crippen LogP contribution in [0.3, 0.4) is 0 Å². The molecule has 0 radical (unpaired) electrons. The van der Waals surface area contributed by atoms with Crippen LogP contribution in [0.15, 0.2) is 24.3 Å². The molecule has 1 saturated heterocycles. The molecule has 0 N–H and O–H groups in total. The fourth-order valence-electron chi connectivity index (χ4n) is 2.85. The van der Waals surface area contributed by atoms with E-state index < -0.39 is 0 Å². The van der Waals surface area contributed by atoms with Crippen molar-refractivity contribution in [1.29, 1.82) is 0 Å². The standard InChI is InChI=1S/C17H27NO/c1-15-6-8-16(9-7-15)19-13-5-12-18-11-4-10-17(2,3)14-18/h6-9H,4-5,10-14H2,1-3H3. The summed E-state index contributed by atoms with van der Waals surface area (Å²) in [5, 5.41) is 0. The smallest absolute Gasteiger partial charge is 0.119 e. The number of hydrogen-bond acceptors (Lipinski definition) is 2. The number of benzene rings is 1. The zero-order valence-electron chi connectivity index (χ0n) is 12.6. The molecular formula is C17H27NO. The van der Waals surface area contributed by atoms with Gasteiger partial charge in [-0.1, -0.05) is 31.5 Å². The van der Waals surface area contributed by atoms with E-state index >= 15 is 0 Å². The van der Waals surface area contributed by atoms with Crippen LogP contribution >= 0.6 is 0 Å². The number of nitrogens with zero attached hydrogens (tertiary/aromatic N) is 1. The normalized spacial score (nSPS) is 19.3. The molecule has 1 aliphatic rings. The molecule has 0 atom stereocenters. The van der Waals surface area contributed by atoms with Crippen molar-refractivity contribution in [3.05, 3.63) is 29.8 Å². The van der Waals surface area contributed by atoms with Crippen molar-refractivity contribution in [2.75, 3.05) is 26.2 Å². The number of ether oxygens (including phenoxy) is 1. The summed E-state index contributed by atoms with van der Waals surface area (Å²) in [6.45, 7) is 11.3. The van der Waals surface area contributed by atoms with Crippen LogP contribution in [-0.4, -0.2) is 31.1 Å². The average molecular weight is 261 g/mol. The van der Waals surface area contributed by atoms with Gasteiger partial charge in [0.15, 0.2) is 0 Å². The monoisotopic (exact) mass is 261 g/mol. The van der Waals surface area contributed by atoms with E-state index in [2.05, 4.69) is 49.9 Å². The summed E-state index contributed by atoms with van der Waals surface area (Å²) in [4.78, 5) is 2.59. The Bertz CT molecular complexity index is 383. The Kier molecular flexibility index (Phi) is 4.87. The van der Waals surface area contributed by atoms with Crippen molar-refractivity contribution >= 4 is 0 Å². The van der Waals surface area contributed by atoms with Gasteiger partial charge in [-0.05, 0) is 50.3 Å². The van der Waals surface area contributed by atoms with Gasteiger partial charge in [0.05, 0.1) is 6.61 Å². The lowest BCUT2D eigenvalue weighted by atomic mass is 9.84. The van der Waals surface area contributed by atoms with Crippen LogP contribution in [0.25, 0.3) is 0 Å². The molecule has 2 rings (SSSR count). The van der Waals surface area contributed by atoms with Crippen molar-refractivity contribution in [1.82, 2.24) is 4.90 Å². The quantitative estimate of drug-likeness (QED) is 0.746. The van der Waals surface area contributed by atoms with E-state index in [1.54, 1.807) is 0 Å². The molecule has 0 saturated carbocycles. The van der Waals surface area contributed by atoms with Gasteiger partial charge in [0, 0.05) is 13.1 Å². The third-order valence-corrected chi connectivity index (χ3v) is 3.89. The van der Waals surface area contributed by atoms with Crippen LogP contribution in [0, 0.1) is 12.3 Å². The summed E-state index contributed by atoms with van der Waals surface area (Å²) in [5.41, 5.74) is 1.78. The molecule has 0 aromatic heterocycles. The first-order valence-electron chi connectivity index (χ1n) is 7.47. The first-order chi connectivity index (χ1) is 9.05. The van der Waals surface area contributed by atoms with Gasteiger partial charge in [0.25, 0.3) is 0 Å². The van der Waals surface area contributed by atoms with E-state index in [1.165, 1.54) is 31.5 Å². The fourth-order valence-corrected chi connectivity index (χ4v) is 2.85. The molecule has 1 aromatic rings. The van der Waals surface area contributed by atoms with E-state index in [0.29, 0.717) is 5.41 Å². The molecule has 19 heavy (non-hydrogen) atoms. The molecule has 106 valence electrons. The fraction of sp³-hybridized carbons (Fsp3) is 0.647. The first-order valence-corrected chi connectivity index (χ1v) is 7.47. The first kappa shape index (κ1) is 14.4. The average Bonchev–Trinajstić information content (AvgIpc) is 2.36. The van der Waals surface area contributed by atoms with Crippen LogP contribution in [0.2, 0.25) is 0 Å². The van der Waals surface area contributed by atoms with Crippen LogP contribution in [0.4, 0.5) is 0 Å². The Morgan fingerprint density at radius 1 is 1.21 bits per heavy atom. The van der Waals surface area contributed by atoms with E-state index in [4.69, 9.17) is 4.74 Å². The number of likely N-dealkylation sites (tertiary alicyclic amines) is 1. The van der Waals surface area contributed by atoms with Gasteiger partial charge < -0.3 is 9.64 Å². The summed E-state index contributed by atoms with van der Waals surface area (Å²) in [6.07, 6.45) is 3.82. The summed E-state index contributed by atoms with van der Waals surface area (Å²) in [5.74, 6) is 0.990. The largest absolute Gasteiger partial charge is 0.494 e.